The first kappa shape index (κ1) is 16.0. The third-order valence-corrected chi connectivity index (χ3v) is 5.91. The molecule has 1 aliphatic rings. The zero-order chi connectivity index (χ0) is 15.8. The number of carboxylic acid groups (broad SMARTS) is 1. The highest BCUT2D eigenvalue weighted by Crippen LogP contribution is 2.21. The summed E-state index contributed by atoms with van der Waals surface area (Å²) in [5.41, 5.74) is -0.223. The maximum absolute atomic E-state index is 12.1. The van der Waals surface area contributed by atoms with Crippen LogP contribution >= 0.6 is 11.6 Å². The Hall–Kier alpha value is -1.42. The number of sulfonamides is 1. The minimum atomic E-state index is -4.00. The molecule has 2 rings (SSSR count). The molecule has 1 unspecified atom stereocenters. The van der Waals surface area contributed by atoms with Gasteiger partial charge in [-0.2, -0.15) is 0 Å². The highest BCUT2D eigenvalue weighted by molar-refractivity contribution is 7.94. The predicted molar refractivity (Wildman–Crippen MR) is 75.4 cm³/mol. The average molecular weight is 352 g/mol. The zero-order valence-electron chi connectivity index (χ0n) is 10.4. The van der Waals surface area contributed by atoms with Crippen molar-refractivity contribution in [2.45, 2.75) is 10.9 Å². The average Bonchev–Trinajstić information content (AvgIpc) is 2.67. The number of hydrogen-bond donors (Lipinski definition) is 2. The number of halogens is 1. The lowest BCUT2D eigenvalue weighted by Gasteiger charge is -2.11. The molecule has 0 aliphatic carbocycles. The molecule has 0 amide bonds. The van der Waals surface area contributed by atoms with Crippen molar-refractivity contribution in [1.82, 2.24) is 4.72 Å². The van der Waals surface area contributed by atoms with Crippen LogP contribution in [-0.4, -0.2) is 39.7 Å². The van der Waals surface area contributed by atoms with E-state index in [1.807, 2.05) is 0 Å². The number of hydrogen-bond acceptors (Lipinski definition) is 5. The summed E-state index contributed by atoms with van der Waals surface area (Å²) in [6.45, 7) is 0. The molecule has 0 bridgehead atoms. The molecular formula is C11H10ClNO6S2. The van der Waals surface area contributed by atoms with Crippen LogP contribution in [0.15, 0.2) is 34.6 Å². The van der Waals surface area contributed by atoms with Gasteiger partial charge in [0.15, 0.2) is 9.84 Å². The monoisotopic (exact) mass is 351 g/mol. The molecular weight excluding hydrogens is 342 g/mol. The summed E-state index contributed by atoms with van der Waals surface area (Å²) in [6.07, 6.45) is 1.24. The number of nitrogens with one attached hydrogen (secondary N) is 1. The first-order valence-electron chi connectivity index (χ1n) is 5.57. The summed E-state index contributed by atoms with van der Waals surface area (Å²) in [6, 6.07) is 2.30. The Labute approximate surface area is 126 Å². The Kier molecular flexibility index (Phi) is 4.11. The van der Waals surface area contributed by atoms with Gasteiger partial charge in [-0.3, -0.25) is 0 Å². The molecule has 1 aromatic rings. The van der Waals surface area contributed by atoms with E-state index in [9.17, 15) is 21.6 Å². The number of sulfone groups is 1. The first-order valence-corrected chi connectivity index (χ1v) is 9.14. The van der Waals surface area contributed by atoms with E-state index < -0.39 is 31.9 Å². The van der Waals surface area contributed by atoms with Gasteiger partial charge >= 0.3 is 5.97 Å². The lowest BCUT2D eigenvalue weighted by molar-refractivity contribution is 0.0697. The molecule has 2 N–H and O–H groups in total. The van der Waals surface area contributed by atoms with Crippen molar-refractivity contribution >= 4 is 37.4 Å². The van der Waals surface area contributed by atoms with Crippen LogP contribution in [0.5, 0.6) is 0 Å². The van der Waals surface area contributed by atoms with Gasteiger partial charge in [0.05, 0.1) is 27.3 Å². The number of rotatable bonds is 4. The molecule has 21 heavy (non-hydrogen) atoms. The summed E-state index contributed by atoms with van der Waals surface area (Å²) in [5.74, 6) is -1.63. The van der Waals surface area contributed by atoms with Crippen molar-refractivity contribution in [3.8, 4) is 0 Å². The number of carboxylic acids is 1. The standard InChI is InChI=1S/C11H10ClNO6S2/c12-10-5-8(1-2-9(10)11(14)15)21(18,19)13-7-3-4-20(16,17)6-7/h1-5,7,13H,6H2,(H,14,15). The second-order valence-corrected chi connectivity index (χ2v) is 8.39. The van der Waals surface area contributed by atoms with Crippen LogP contribution in [-0.2, 0) is 19.9 Å². The molecule has 1 atom stereocenters. The van der Waals surface area contributed by atoms with Gasteiger partial charge in [0, 0.05) is 5.41 Å². The number of benzene rings is 1. The van der Waals surface area contributed by atoms with Crippen LogP contribution in [0.25, 0.3) is 0 Å². The summed E-state index contributed by atoms with van der Waals surface area (Å²) >= 11 is 5.71. The van der Waals surface area contributed by atoms with Crippen LogP contribution in [0.2, 0.25) is 5.02 Å². The Morgan fingerprint density at radius 3 is 2.52 bits per heavy atom. The lowest BCUT2D eigenvalue weighted by Crippen LogP contribution is -2.35. The summed E-state index contributed by atoms with van der Waals surface area (Å²) in [4.78, 5) is 10.6. The fourth-order valence-corrected chi connectivity index (χ4v) is 4.64. The van der Waals surface area contributed by atoms with Crippen molar-refractivity contribution in [1.29, 1.82) is 0 Å². The van der Waals surface area contributed by atoms with Crippen molar-refractivity contribution in [3.63, 3.8) is 0 Å². The molecule has 7 nitrogen and oxygen atoms in total. The van der Waals surface area contributed by atoms with E-state index in [-0.39, 0.29) is 21.2 Å². The summed E-state index contributed by atoms with van der Waals surface area (Å²) in [7, 11) is -7.39. The fourth-order valence-electron chi connectivity index (χ4n) is 1.75. The second kappa shape index (κ2) is 5.41. The Bertz CT molecular complexity index is 828. The van der Waals surface area contributed by atoms with Crippen LogP contribution < -0.4 is 4.72 Å². The van der Waals surface area contributed by atoms with E-state index in [1.165, 1.54) is 6.08 Å². The smallest absolute Gasteiger partial charge is 0.337 e. The van der Waals surface area contributed by atoms with Gasteiger partial charge < -0.3 is 5.11 Å². The minimum absolute atomic E-state index is 0.222. The lowest BCUT2D eigenvalue weighted by atomic mass is 10.2. The fraction of sp³-hybridized carbons (Fsp3) is 0.182. The molecule has 0 spiro atoms. The van der Waals surface area contributed by atoms with E-state index >= 15 is 0 Å². The van der Waals surface area contributed by atoms with Crippen molar-refractivity contribution in [2.75, 3.05) is 5.75 Å². The highest BCUT2D eigenvalue weighted by Gasteiger charge is 2.27. The largest absolute Gasteiger partial charge is 0.478 e. The van der Waals surface area contributed by atoms with E-state index in [0.717, 1.165) is 23.6 Å². The van der Waals surface area contributed by atoms with Gasteiger partial charge in [0.1, 0.15) is 0 Å². The number of carbonyl (C=O) groups is 1. The SMILES string of the molecule is O=C(O)c1ccc(S(=O)(=O)NC2C=CS(=O)(=O)C2)cc1Cl. The van der Waals surface area contributed by atoms with Crippen molar-refractivity contribution in [2.24, 2.45) is 0 Å². The maximum Gasteiger partial charge on any atom is 0.337 e. The topological polar surface area (TPSA) is 118 Å². The predicted octanol–water partition coefficient (Wildman–Crippen LogP) is 0.627. The molecule has 1 heterocycles. The first-order chi connectivity index (χ1) is 9.61. The van der Waals surface area contributed by atoms with Crippen molar-refractivity contribution in [3.05, 3.63) is 40.3 Å². The molecule has 1 aliphatic heterocycles. The molecule has 0 saturated heterocycles. The minimum Gasteiger partial charge on any atom is -0.478 e. The molecule has 0 saturated carbocycles. The second-order valence-electron chi connectivity index (χ2n) is 4.33. The highest BCUT2D eigenvalue weighted by atomic mass is 35.5. The molecule has 1 aromatic carbocycles. The van der Waals surface area contributed by atoms with Crippen LogP contribution in [0, 0.1) is 0 Å². The van der Waals surface area contributed by atoms with E-state index in [1.54, 1.807) is 0 Å². The van der Waals surface area contributed by atoms with Gasteiger partial charge in [-0.15, -0.1) is 0 Å². The normalized spacial score (nSPS) is 20.5. The summed E-state index contributed by atoms with van der Waals surface area (Å²) in [5, 5.41) is 9.54. The van der Waals surface area contributed by atoms with Crippen molar-refractivity contribution < 1.29 is 26.7 Å². The van der Waals surface area contributed by atoms with E-state index in [0.29, 0.717) is 0 Å². The maximum atomic E-state index is 12.1. The zero-order valence-corrected chi connectivity index (χ0v) is 12.7. The van der Waals surface area contributed by atoms with Gasteiger partial charge in [-0.05, 0) is 18.2 Å². The van der Waals surface area contributed by atoms with Gasteiger partial charge in [0.2, 0.25) is 10.0 Å². The molecule has 10 heteroatoms. The third kappa shape index (κ3) is 3.62. The molecule has 0 radical (unpaired) electrons. The Balaban J connectivity index is 2.27. The van der Waals surface area contributed by atoms with Crippen LogP contribution in [0.4, 0.5) is 0 Å². The molecule has 0 fully saturated rings. The quantitative estimate of drug-likeness (QED) is 0.821. The van der Waals surface area contributed by atoms with Gasteiger partial charge in [-0.1, -0.05) is 17.7 Å². The van der Waals surface area contributed by atoms with Crippen LogP contribution in [0.3, 0.4) is 0 Å². The van der Waals surface area contributed by atoms with E-state index in [2.05, 4.69) is 4.72 Å². The third-order valence-electron chi connectivity index (χ3n) is 2.72. The van der Waals surface area contributed by atoms with Gasteiger partial charge in [-0.25, -0.2) is 26.4 Å². The molecule has 114 valence electrons. The Morgan fingerprint density at radius 1 is 1.38 bits per heavy atom. The molecule has 0 aromatic heterocycles. The van der Waals surface area contributed by atoms with E-state index in [4.69, 9.17) is 16.7 Å². The summed E-state index contributed by atoms with van der Waals surface area (Å²) < 4.78 is 48.8. The number of aromatic carboxylic acids is 1. The van der Waals surface area contributed by atoms with Crippen LogP contribution in [0.1, 0.15) is 10.4 Å². The Morgan fingerprint density at radius 2 is 2.05 bits per heavy atom. The van der Waals surface area contributed by atoms with Gasteiger partial charge in [0.25, 0.3) is 0 Å².